The van der Waals surface area contributed by atoms with Crippen molar-refractivity contribution >= 4 is 10.1 Å². The van der Waals surface area contributed by atoms with Crippen molar-refractivity contribution in [1.29, 1.82) is 0 Å². The first-order valence-corrected chi connectivity index (χ1v) is 5.76. The Labute approximate surface area is 113 Å². The molecule has 2 unspecified atom stereocenters. The van der Waals surface area contributed by atoms with Gasteiger partial charge in [-0.2, -0.15) is 0 Å². The second-order valence-electron chi connectivity index (χ2n) is 2.89. The van der Waals surface area contributed by atoms with Crippen molar-refractivity contribution in [3.05, 3.63) is 12.3 Å². The fraction of sp³-hybridized carbons (Fsp3) is 0.750. The second kappa shape index (κ2) is 8.55. The van der Waals surface area contributed by atoms with E-state index < -0.39 is 21.5 Å². The van der Waals surface area contributed by atoms with Gasteiger partial charge in [-0.15, -0.1) is 0 Å². The topological polar surface area (TPSA) is 86.7 Å². The summed E-state index contributed by atoms with van der Waals surface area (Å²) < 4.78 is 35.4. The molecular weight excluding hydrogens is 231 g/mol. The van der Waals surface area contributed by atoms with E-state index in [-0.39, 0.29) is 36.0 Å². The molecule has 2 atom stereocenters. The van der Waals surface area contributed by atoms with Crippen molar-refractivity contribution in [1.82, 2.24) is 0 Å². The normalized spacial score (nSPS) is 17.1. The van der Waals surface area contributed by atoms with Gasteiger partial charge in [0, 0.05) is 0 Å². The number of hydrogen-bond acceptors (Lipinski definition) is 5. The molecule has 84 valence electrons. The number of aliphatic hydroxyl groups is 1. The van der Waals surface area contributed by atoms with Crippen molar-refractivity contribution in [2.45, 2.75) is 31.6 Å². The fourth-order valence-electron chi connectivity index (χ4n) is 0.883. The Morgan fingerprint density at radius 1 is 1.60 bits per heavy atom. The van der Waals surface area contributed by atoms with E-state index in [2.05, 4.69) is 4.74 Å². The summed E-state index contributed by atoms with van der Waals surface area (Å²) in [6.07, 6.45) is 2.72. The minimum atomic E-state index is -4.31. The summed E-state index contributed by atoms with van der Waals surface area (Å²) in [4.78, 5) is 0. The zero-order valence-electron chi connectivity index (χ0n) is 9.21. The standard InChI is InChI=1S/C5H12O4S.C3H4O.Na/c1-3-5(4(2)6)10(7,8)9;1-2-4-3-1;/h4-6H,3H2,1-2H3,(H,7,8,9);1-2H,3H2;/q;;+1/p-1. The van der Waals surface area contributed by atoms with E-state index in [4.69, 9.17) is 5.11 Å². The zero-order valence-corrected chi connectivity index (χ0v) is 12.0. The van der Waals surface area contributed by atoms with E-state index in [1.54, 1.807) is 13.2 Å². The Morgan fingerprint density at radius 2 is 1.93 bits per heavy atom. The molecule has 1 N–H and O–H groups in total. The molecule has 7 heteroatoms. The maximum absolute atomic E-state index is 10.3. The van der Waals surface area contributed by atoms with Crippen LogP contribution in [0.5, 0.6) is 0 Å². The number of rotatable bonds is 3. The SMILES string of the molecule is C1=COC1.CCC(C(C)O)S(=O)(=O)[O-].[Na+]. The van der Waals surface area contributed by atoms with Gasteiger partial charge in [-0.1, -0.05) is 6.92 Å². The third-order valence-corrected chi connectivity index (χ3v) is 3.16. The van der Waals surface area contributed by atoms with E-state index in [9.17, 15) is 13.0 Å². The monoisotopic (exact) mass is 246 g/mol. The second-order valence-corrected chi connectivity index (χ2v) is 4.48. The van der Waals surface area contributed by atoms with Crippen LogP contribution < -0.4 is 29.6 Å². The van der Waals surface area contributed by atoms with E-state index in [0.29, 0.717) is 0 Å². The van der Waals surface area contributed by atoms with Crippen LogP contribution in [0.15, 0.2) is 12.3 Å². The molecule has 1 aliphatic rings. The van der Waals surface area contributed by atoms with E-state index >= 15 is 0 Å². The van der Waals surface area contributed by atoms with Crippen molar-refractivity contribution < 1.29 is 52.4 Å². The van der Waals surface area contributed by atoms with E-state index in [0.717, 1.165) is 6.61 Å². The molecule has 0 amide bonds. The Morgan fingerprint density at radius 3 is 1.93 bits per heavy atom. The van der Waals surface area contributed by atoms with Crippen LogP contribution in [0, 0.1) is 0 Å². The molecule has 0 aromatic heterocycles. The van der Waals surface area contributed by atoms with Crippen LogP contribution in [0.25, 0.3) is 0 Å². The van der Waals surface area contributed by atoms with Crippen molar-refractivity contribution in [2.75, 3.05) is 6.61 Å². The largest absolute Gasteiger partial charge is 1.00 e. The summed E-state index contributed by atoms with van der Waals surface area (Å²) in [5.74, 6) is 0. The van der Waals surface area contributed by atoms with Gasteiger partial charge in [0.15, 0.2) is 0 Å². The predicted molar refractivity (Wildman–Crippen MR) is 50.5 cm³/mol. The van der Waals surface area contributed by atoms with Gasteiger partial charge < -0.3 is 14.4 Å². The number of hydrogen-bond donors (Lipinski definition) is 1. The van der Waals surface area contributed by atoms with Gasteiger partial charge in [0.25, 0.3) is 0 Å². The average Bonchev–Trinajstić information content (AvgIpc) is 1.78. The Kier molecular flexibility index (Phi) is 10.1. The maximum Gasteiger partial charge on any atom is 1.00 e. The molecule has 5 nitrogen and oxygen atoms in total. The van der Waals surface area contributed by atoms with Crippen LogP contribution in [0.1, 0.15) is 20.3 Å². The quantitative estimate of drug-likeness (QED) is 0.430. The van der Waals surface area contributed by atoms with Crippen molar-refractivity contribution in [3.63, 3.8) is 0 Å². The zero-order chi connectivity index (χ0) is 11.2. The Balaban J connectivity index is 0. The molecule has 1 aliphatic heterocycles. The van der Waals surface area contributed by atoms with Crippen LogP contribution in [-0.2, 0) is 14.9 Å². The number of aliphatic hydroxyl groups excluding tert-OH is 1. The smallest absolute Gasteiger partial charge is 0.748 e. The molecule has 0 aliphatic carbocycles. The summed E-state index contributed by atoms with van der Waals surface area (Å²) >= 11 is 0. The molecule has 15 heavy (non-hydrogen) atoms. The molecule has 0 aromatic carbocycles. The maximum atomic E-state index is 10.3. The van der Waals surface area contributed by atoms with Gasteiger partial charge in [0.05, 0.1) is 17.6 Å². The molecule has 0 aromatic rings. The van der Waals surface area contributed by atoms with Crippen LogP contribution in [-0.4, -0.2) is 36.0 Å². The fourth-order valence-corrected chi connectivity index (χ4v) is 1.77. The van der Waals surface area contributed by atoms with E-state index in [1.807, 2.05) is 6.08 Å². The molecule has 1 heterocycles. The van der Waals surface area contributed by atoms with Gasteiger partial charge in [-0.25, -0.2) is 8.42 Å². The predicted octanol–water partition coefficient (Wildman–Crippen LogP) is -2.77. The first-order valence-electron chi connectivity index (χ1n) is 4.29. The molecule has 0 spiro atoms. The summed E-state index contributed by atoms with van der Waals surface area (Å²) in [7, 11) is -4.31. The Hall–Kier alpha value is 0.410. The molecule has 1 rings (SSSR count). The summed E-state index contributed by atoms with van der Waals surface area (Å²) in [6, 6.07) is 0. The van der Waals surface area contributed by atoms with Crippen molar-refractivity contribution in [2.24, 2.45) is 0 Å². The van der Waals surface area contributed by atoms with Crippen molar-refractivity contribution in [3.8, 4) is 0 Å². The summed E-state index contributed by atoms with van der Waals surface area (Å²) in [5.41, 5.74) is 0. The third-order valence-electron chi connectivity index (χ3n) is 1.70. The van der Waals surface area contributed by atoms with Crippen LogP contribution in [0.2, 0.25) is 0 Å². The van der Waals surface area contributed by atoms with Gasteiger partial charge in [-0.3, -0.25) is 0 Å². The molecule has 0 fully saturated rings. The van der Waals surface area contributed by atoms with Crippen LogP contribution in [0.3, 0.4) is 0 Å². The first kappa shape index (κ1) is 17.8. The molecule has 0 saturated heterocycles. The Bertz CT molecular complexity index is 267. The van der Waals surface area contributed by atoms with Gasteiger partial charge in [-0.05, 0) is 19.4 Å². The third kappa shape index (κ3) is 8.24. The molecule has 0 saturated carbocycles. The van der Waals surface area contributed by atoms with Gasteiger partial charge in [0.2, 0.25) is 0 Å². The van der Waals surface area contributed by atoms with Gasteiger partial charge >= 0.3 is 29.6 Å². The molecular formula is C8H15NaO5S. The van der Waals surface area contributed by atoms with E-state index in [1.165, 1.54) is 6.92 Å². The van der Waals surface area contributed by atoms with Crippen LogP contribution in [0.4, 0.5) is 0 Å². The van der Waals surface area contributed by atoms with Crippen LogP contribution >= 0.6 is 0 Å². The minimum Gasteiger partial charge on any atom is -0.748 e. The van der Waals surface area contributed by atoms with Gasteiger partial charge in [0.1, 0.15) is 16.7 Å². The summed E-state index contributed by atoms with van der Waals surface area (Å²) in [6.45, 7) is 3.66. The first-order chi connectivity index (χ1) is 6.39. The number of ether oxygens (including phenoxy) is 1. The summed E-state index contributed by atoms with van der Waals surface area (Å²) in [5, 5.41) is 7.61. The molecule has 0 bridgehead atoms. The molecule has 0 radical (unpaired) electrons. The minimum absolute atomic E-state index is 0. The average molecular weight is 246 g/mol.